The quantitative estimate of drug-likeness (QED) is 0.753. The molecule has 1 N–H and O–H groups in total. The van der Waals surface area contributed by atoms with Crippen LogP contribution in [0.25, 0.3) is 0 Å². The number of nitrogens with one attached hydrogen (secondary N) is 1. The predicted octanol–water partition coefficient (Wildman–Crippen LogP) is 1.02. The summed E-state index contributed by atoms with van der Waals surface area (Å²) in [5.41, 5.74) is -0.315. The van der Waals surface area contributed by atoms with E-state index in [1.54, 1.807) is 20.8 Å². The van der Waals surface area contributed by atoms with Crippen LogP contribution in [0.1, 0.15) is 26.5 Å². The van der Waals surface area contributed by atoms with E-state index >= 15 is 0 Å². The van der Waals surface area contributed by atoms with E-state index in [1.165, 1.54) is 25.8 Å². The average molecular weight is 368 g/mol. The molecule has 1 rings (SSSR count). The lowest BCUT2D eigenvalue weighted by atomic mass is 10.2. The molecule has 1 atom stereocenters. The van der Waals surface area contributed by atoms with Gasteiger partial charge in [-0.25, -0.2) is 8.42 Å². The molecule has 0 spiro atoms. The minimum Gasteiger partial charge on any atom is -0.468 e. The van der Waals surface area contributed by atoms with Crippen molar-refractivity contribution in [1.82, 2.24) is 14.5 Å². The summed E-state index contributed by atoms with van der Waals surface area (Å²) in [7, 11) is -1.38. The van der Waals surface area contributed by atoms with Gasteiger partial charge in [0.25, 0.3) is 0 Å². The maximum Gasteiger partial charge on any atom is 0.326 e. The van der Waals surface area contributed by atoms with Crippen molar-refractivity contribution in [3.05, 3.63) is 10.8 Å². The molecule has 1 aromatic rings. The van der Waals surface area contributed by atoms with Gasteiger partial charge in [0.2, 0.25) is 10.0 Å². The van der Waals surface area contributed by atoms with Crippen LogP contribution in [-0.2, 0) is 31.3 Å². The first-order valence-corrected chi connectivity index (χ1v) is 8.68. The number of aryl methyl sites for hydroxylation is 2. The molecule has 0 radical (unpaired) electrons. The molecule has 1 aromatic heterocycles. The van der Waals surface area contributed by atoms with E-state index in [0.29, 0.717) is 0 Å². The van der Waals surface area contributed by atoms with Gasteiger partial charge in [-0.3, -0.25) is 9.48 Å². The fourth-order valence-corrected chi connectivity index (χ4v) is 3.71. The number of carbonyl (C=O) groups is 1. The van der Waals surface area contributed by atoms with Gasteiger partial charge in [-0.2, -0.15) is 9.82 Å². The van der Waals surface area contributed by atoms with Gasteiger partial charge in [0.15, 0.2) is 0 Å². The molecule has 0 aliphatic carbocycles. The van der Waals surface area contributed by atoms with Gasteiger partial charge in [-0.05, 0) is 27.7 Å². The molecule has 0 aromatic carbocycles. The minimum atomic E-state index is -4.07. The van der Waals surface area contributed by atoms with Crippen molar-refractivity contribution >= 4 is 27.6 Å². The number of sulfonamides is 1. The van der Waals surface area contributed by atoms with Crippen molar-refractivity contribution in [2.75, 3.05) is 13.7 Å². The summed E-state index contributed by atoms with van der Waals surface area (Å²) < 4.78 is 38.7. The monoisotopic (exact) mass is 367 g/mol. The highest BCUT2D eigenvalue weighted by atomic mass is 35.5. The molecule has 0 aliphatic heterocycles. The first-order valence-electron chi connectivity index (χ1n) is 6.82. The van der Waals surface area contributed by atoms with Crippen LogP contribution < -0.4 is 4.72 Å². The Bertz CT molecular complexity index is 679. The Morgan fingerprint density at radius 2 is 2.00 bits per heavy atom. The molecular weight excluding hydrogens is 346 g/mol. The highest BCUT2D eigenvalue weighted by Crippen LogP contribution is 2.24. The first kappa shape index (κ1) is 19.9. The van der Waals surface area contributed by atoms with E-state index in [4.69, 9.17) is 16.3 Å². The van der Waals surface area contributed by atoms with Crippen molar-refractivity contribution in [2.24, 2.45) is 7.05 Å². The van der Waals surface area contributed by atoms with Gasteiger partial charge in [-0.1, -0.05) is 11.6 Å². The van der Waals surface area contributed by atoms with E-state index in [0.717, 1.165) is 0 Å². The molecule has 8 nitrogen and oxygen atoms in total. The van der Waals surface area contributed by atoms with E-state index in [9.17, 15) is 13.2 Å². The standard InChI is InChI=1S/C13H22ClN3O5S/c1-8-10(11(14)17(5)15-8)23(19,20)16-9(12(18)21-6)7-22-13(2,3)4/h9,16H,7H2,1-6H3. The second-order valence-electron chi connectivity index (χ2n) is 5.95. The lowest BCUT2D eigenvalue weighted by molar-refractivity contribution is -0.145. The van der Waals surface area contributed by atoms with Crippen LogP contribution in [0.15, 0.2) is 4.90 Å². The molecule has 0 bridgehead atoms. The second-order valence-corrected chi connectivity index (χ2v) is 7.96. The Balaban J connectivity index is 3.08. The molecule has 132 valence electrons. The van der Waals surface area contributed by atoms with Crippen molar-refractivity contribution in [1.29, 1.82) is 0 Å². The largest absolute Gasteiger partial charge is 0.468 e. The molecule has 1 heterocycles. The van der Waals surface area contributed by atoms with Crippen LogP contribution in [0.4, 0.5) is 0 Å². The zero-order valence-corrected chi connectivity index (χ0v) is 15.6. The molecule has 23 heavy (non-hydrogen) atoms. The number of carbonyl (C=O) groups excluding carboxylic acids is 1. The first-order chi connectivity index (χ1) is 10.4. The van der Waals surface area contributed by atoms with Gasteiger partial charge < -0.3 is 9.47 Å². The van der Waals surface area contributed by atoms with E-state index in [2.05, 4.69) is 14.6 Å². The fraction of sp³-hybridized carbons (Fsp3) is 0.692. The van der Waals surface area contributed by atoms with Crippen LogP contribution in [0, 0.1) is 6.92 Å². The zero-order chi connectivity index (χ0) is 18.0. The number of rotatable bonds is 6. The number of halogens is 1. The van der Waals surface area contributed by atoms with Crippen molar-refractivity contribution in [3.8, 4) is 0 Å². The second kappa shape index (κ2) is 7.16. The lowest BCUT2D eigenvalue weighted by Gasteiger charge is -2.23. The number of methoxy groups -OCH3 is 1. The van der Waals surface area contributed by atoms with E-state index in [-0.39, 0.29) is 22.3 Å². The van der Waals surface area contributed by atoms with Gasteiger partial charge in [-0.15, -0.1) is 0 Å². The Hall–Kier alpha value is -1.16. The number of ether oxygens (including phenoxy) is 2. The SMILES string of the molecule is COC(=O)C(COC(C)(C)C)NS(=O)(=O)c1c(C)nn(C)c1Cl. The summed E-state index contributed by atoms with van der Waals surface area (Å²) in [4.78, 5) is 11.7. The van der Waals surface area contributed by atoms with Crippen LogP contribution in [0.5, 0.6) is 0 Å². The summed E-state index contributed by atoms with van der Waals surface area (Å²) in [5.74, 6) is -0.754. The summed E-state index contributed by atoms with van der Waals surface area (Å²) in [6.45, 7) is 6.71. The maximum atomic E-state index is 12.5. The Morgan fingerprint density at radius 1 is 1.43 bits per heavy atom. The molecule has 0 aliphatic rings. The third-order valence-electron chi connectivity index (χ3n) is 2.83. The number of hydrogen-bond acceptors (Lipinski definition) is 6. The van der Waals surface area contributed by atoms with Gasteiger partial charge in [0, 0.05) is 7.05 Å². The topological polar surface area (TPSA) is 99.5 Å². The van der Waals surface area contributed by atoms with Crippen molar-refractivity contribution in [3.63, 3.8) is 0 Å². The summed E-state index contributed by atoms with van der Waals surface area (Å²) in [5, 5.41) is 3.91. The molecule has 0 amide bonds. The summed E-state index contributed by atoms with van der Waals surface area (Å²) in [6, 6.07) is -1.19. The molecular formula is C13H22ClN3O5S. The molecule has 0 fully saturated rings. The normalized spacial score (nSPS) is 13.9. The molecule has 10 heteroatoms. The highest BCUT2D eigenvalue weighted by Gasteiger charge is 2.32. The third-order valence-corrected chi connectivity index (χ3v) is 5.00. The summed E-state index contributed by atoms with van der Waals surface area (Å²) in [6.07, 6.45) is 0. The van der Waals surface area contributed by atoms with Gasteiger partial charge in [0.05, 0.1) is 25.0 Å². The van der Waals surface area contributed by atoms with Crippen molar-refractivity contribution < 1.29 is 22.7 Å². The van der Waals surface area contributed by atoms with Gasteiger partial charge in [0.1, 0.15) is 16.1 Å². The van der Waals surface area contributed by atoms with Crippen LogP contribution in [0.3, 0.4) is 0 Å². The van der Waals surface area contributed by atoms with Crippen LogP contribution in [0.2, 0.25) is 5.15 Å². The van der Waals surface area contributed by atoms with Gasteiger partial charge >= 0.3 is 5.97 Å². The Labute approximate surface area is 141 Å². The Kier molecular flexibility index (Phi) is 6.19. The molecule has 1 unspecified atom stereocenters. The molecule has 0 saturated carbocycles. The smallest absolute Gasteiger partial charge is 0.326 e. The van der Waals surface area contributed by atoms with Crippen LogP contribution >= 0.6 is 11.6 Å². The zero-order valence-electron chi connectivity index (χ0n) is 14.0. The number of aromatic nitrogens is 2. The predicted molar refractivity (Wildman–Crippen MR) is 84.8 cm³/mol. The Morgan fingerprint density at radius 3 is 2.39 bits per heavy atom. The average Bonchev–Trinajstić information content (AvgIpc) is 2.66. The minimum absolute atomic E-state index is 0.0460. The highest BCUT2D eigenvalue weighted by molar-refractivity contribution is 7.89. The fourth-order valence-electron chi connectivity index (χ4n) is 1.79. The summed E-state index contributed by atoms with van der Waals surface area (Å²) >= 11 is 5.98. The molecule has 0 saturated heterocycles. The van der Waals surface area contributed by atoms with Crippen LogP contribution in [-0.4, -0.2) is 49.5 Å². The number of esters is 1. The number of nitrogens with zero attached hydrogens (tertiary/aromatic N) is 2. The van der Waals surface area contributed by atoms with E-state index < -0.39 is 27.6 Å². The third kappa shape index (κ3) is 5.17. The number of hydrogen-bond donors (Lipinski definition) is 1. The van der Waals surface area contributed by atoms with E-state index in [1.807, 2.05) is 0 Å². The lowest BCUT2D eigenvalue weighted by Crippen LogP contribution is -2.46. The maximum absolute atomic E-state index is 12.5. The van der Waals surface area contributed by atoms with Crippen molar-refractivity contribution in [2.45, 2.75) is 44.2 Å².